The highest BCUT2D eigenvalue weighted by atomic mass is 32.2. The van der Waals surface area contributed by atoms with E-state index in [0.29, 0.717) is 27.8 Å². The quantitative estimate of drug-likeness (QED) is 0.386. The van der Waals surface area contributed by atoms with Gasteiger partial charge in [-0.3, -0.25) is 9.59 Å². The van der Waals surface area contributed by atoms with Gasteiger partial charge in [0, 0.05) is 18.3 Å². The van der Waals surface area contributed by atoms with Gasteiger partial charge >= 0.3 is 5.97 Å². The molecule has 0 fully saturated rings. The summed E-state index contributed by atoms with van der Waals surface area (Å²) in [5.74, 6) is -0.162. The molecule has 2 N–H and O–H groups in total. The van der Waals surface area contributed by atoms with Crippen molar-refractivity contribution in [2.24, 2.45) is 7.05 Å². The van der Waals surface area contributed by atoms with E-state index in [2.05, 4.69) is 25.6 Å². The van der Waals surface area contributed by atoms with Crippen LogP contribution in [-0.4, -0.2) is 45.4 Å². The lowest BCUT2D eigenvalue weighted by Gasteiger charge is -2.13. The van der Waals surface area contributed by atoms with E-state index in [-0.39, 0.29) is 23.6 Å². The number of hydrogen-bond acceptors (Lipinski definition) is 7. The fourth-order valence-corrected chi connectivity index (χ4v) is 3.73. The molecule has 0 spiro atoms. The smallest absolute Gasteiger partial charge is 0.337 e. The van der Waals surface area contributed by atoms with Gasteiger partial charge in [0.05, 0.1) is 24.5 Å². The van der Waals surface area contributed by atoms with E-state index < -0.39 is 5.97 Å². The molecule has 10 heteroatoms. The van der Waals surface area contributed by atoms with Crippen molar-refractivity contribution in [3.63, 3.8) is 0 Å². The summed E-state index contributed by atoms with van der Waals surface area (Å²) in [4.78, 5) is 36.3. The molecule has 33 heavy (non-hydrogen) atoms. The van der Waals surface area contributed by atoms with E-state index in [0.717, 1.165) is 5.56 Å². The molecule has 0 bridgehead atoms. The lowest BCUT2D eigenvalue weighted by atomic mass is 10.1. The average Bonchev–Trinajstić information content (AvgIpc) is 3.18. The van der Waals surface area contributed by atoms with Gasteiger partial charge in [0.1, 0.15) is 0 Å². The van der Waals surface area contributed by atoms with E-state index in [1.807, 2.05) is 26.0 Å². The number of amides is 2. The van der Waals surface area contributed by atoms with E-state index in [4.69, 9.17) is 0 Å². The molecule has 1 aromatic heterocycles. The first-order chi connectivity index (χ1) is 15.8. The minimum absolute atomic E-state index is 0.120. The molecule has 0 saturated carbocycles. The predicted octanol–water partition coefficient (Wildman–Crippen LogP) is 3.13. The van der Waals surface area contributed by atoms with Crippen LogP contribution in [0.1, 0.15) is 45.1 Å². The molecule has 1 atom stereocenters. The van der Waals surface area contributed by atoms with Crippen LogP contribution < -0.4 is 10.6 Å². The largest absolute Gasteiger partial charge is 0.465 e. The van der Waals surface area contributed by atoms with Crippen molar-refractivity contribution in [3.8, 4) is 0 Å². The Labute approximate surface area is 195 Å². The molecular weight excluding hydrogens is 442 g/mol. The van der Waals surface area contributed by atoms with Gasteiger partial charge < -0.3 is 19.9 Å². The van der Waals surface area contributed by atoms with Crippen LogP contribution in [0.5, 0.6) is 0 Å². The molecule has 3 aromatic rings. The summed E-state index contributed by atoms with van der Waals surface area (Å²) in [5.41, 5.74) is 2.62. The molecule has 0 radical (unpaired) electrons. The summed E-state index contributed by atoms with van der Waals surface area (Å²) >= 11 is 1.23. The predicted molar refractivity (Wildman–Crippen MR) is 125 cm³/mol. The van der Waals surface area contributed by atoms with Gasteiger partial charge in [-0.25, -0.2) is 4.79 Å². The topological polar surface area (TPSA) is 115 Å². The third-order valence-electron chi connectivity index (χ3n) is 4.84. The summed E-state index contributed by atoms with van der Waals surface area (Å²) < 4.78 is 6.41. The van der Waals surface area contributed by atoms with Crippen LogP contribution in [-0.2, 0) is 16.6 Å². The zero-order valence-electron chi connectivity index (χ0n) is 18.8. The number of anilines is 1. The van der Waals surface area contributed by atoms with Crippen molar-refractivity contribution in [3.05, 3.63) is 71.0 Å². The molecular formula is C23H25N5O4S. The summed E-state index contributed by atoms with van der Waals surface area (Å²) in [6, 6.07) is 13.4. The second kappa shape index (κ2) is 10.8. The van der Waals surface area contributed by atoms with Crippen molar-refractivity contribution in [1.82, 2.24) is 20.1 Å². The number of aryl methyl sites for hydroxylation is 1. The van der Waals surface area contributed by atoms with Crippen LogP contribution in [0.15, 0.2) is 53.7 Å². The highest BCUT2D eigenvalue weighted by Crippen LogP contribution is 2.20. The SMILES string of the molecule is COC(=O)c1ccc(NC(=O)CSc2nnc([C@@H](C)NC(=O)c3ccc(C)cc3)n2C)cc1. The summed E-state index contributed by atoms with van der Waals surface area (Å²) in [6.07, 6.45) is 0. The number of carbonyl (C=O) groups is 3. The van der Waals surface area contributed by atoms with Crippen molar-refractivity contribution in [1.29, 1.82) is 0 Å². The normalized spacial score (nSPS) is 11.5. The number of nitrogens with zero attached hydrogens (tertiary/aromatic N) is 3. The highest BCUT2D eigenvalue weighted by Gasteiger charge is 2.19. The Morgan fingerprint density at radius 3 is 2.30 bits per heavy atom. The number of thioether (sulfide) groups is 1. The van der Waals surface area contributed by atoms with Gasteiger partial charge in [-0.2, -0.15) is 0 Å². The Bertz CT molecular complexity index is 1140. The Morgan fingerprint density at radius 2 is 1.67 bits per heavy atom. The standard InChI is InChI=1S/C23H25N5O4S/c1-14-5-7-16(8-6-14)21(30)24-15(2)20-26-27-23(28(20)3)33-13-19(29)25-18-11-9-17(10-12-18)22(31)32-4/h5-12,15H,13H2,1-4H3,(H,24,30)(H,25,29)/t15-/m1/s1. The highest BCUT2D eigenvalue weighted by molar-refractivity contribution is 7.99. The minimum Gasteiger partial charge on any atom is -0.465 e. The van der Waals surface area contributed by atoms with Crippen LogP contribution in [0.25, 0.3) is 0 Å². The molecule has 9 nitrogen and oxygen atoms in total. The number of esters is 1. The Kier molecular flexibility index (Phi) is 7.83. The zero-order chi connectivity index (χ0) is 24.0. The van der Waals surface area contributed by atoms with E-state index in [1.165, 1.54) is 18.9 Å². The Balaban J connectivity index is 1.54. The first-order valence-electron chi connectivity index (χ1n) is 10.2. The minimum atomic E-state index is -0.439. The average molecular weight is 468 g/mol. The number of carbonyl (C=O) groups excluding carboxylic acids is 3. The van der Waals surface area contributed by atoms with E-state index in [1.54, 1.807) is 48.0 Å². The molecule has 0 aliphatic carbocycles. The Morgan fingerprint density at radius 1 is 1.03 bits per heavy atom. The number of ether oxygens (including phenoxy) is 1. The van der Waals surface area contributed by atoms with Crippen LogP contribution in [0.4, 0.5) is 5.69 Å². The molecule has 0 saturated heterocycles. The van der Waals surface area contributed by atoms with Gasteiger partial charge in [-0.15, -0.1) is 10.2 Å². The van der Waals surface area contributed by atoms with Gasteiger partial charge in [-0.05, 0) is 50.2 Å². The van der Waals surface area contributed by atoms with Gasteiger partial charge in [0.25, 0.3) is 5.91 Å². The maximum atomic E-state index is 12.5. The number of hydrogen-bond donors (Lipinski definition) is 2. The van der Waals surface area contributed by atoms with Crippen molar-refractivity contribution < 1.29 is 19.1 Å². The first-order valence-corrected chi connectivity index (χ1v) is 11.1. The molecule has 172 valence electrons. The fourth-order valence-electron chi connectivity index (χ4n) is 3.01. The summed E-state index contributed by atoms with van der Waals surface area (Å²) in [5, 5.41) is 14.6. The number of rotatable bonds is 8. The van der Waals surface area contributed by atoms with E-state index >= 15 is 0 Å². The monoisotopic (exact) mass is 467 g/mol. The van der Waals surface area contributed by atoms with Crippen molar-refractivity contribution in [2.75, 3.05) is 18.2 Å². The molecule has 0 aliphatic heterocycles. The Hall–Kier alpha value is -3.66. The lowest BCUT2D eigenvalue weighted by molar-refractivity contribution is -0.113. The number of methoxy groups -OCH3 is 1. The van der Waals surface area contributed by atoms with Crippen molar-refractivity contribution in [2.45, 2.75) is 25.0 Å². The maximum absolute atomic E-state index is 12.5. The zero-order valence-corrected chi connectivity index (χ0v) is 19.6. The molecule has 0 aliphatic rings. The molecule has 0 unspecified atom stereocenters. The van der Waals surface area contributed by atoms with E-state index in [9.17, 15) is 14.4 Å². The lowest BCUT2D eigenvalue weighted by Crippen LogP contribution is -2.28. The molecule has 3 rings (SSSR count). The van der Waals surface area contributed by atoms with Crippen LogP contribution >= 0.6 is 11.8 Å². The number of nitrogens with one attached hydrogen (secondary N) is 2. The third kappa shape index (κ3) is 6.19. The second-order valence-corrected chi connectivity index (χ2v) is 8.31. The third-order valence-corrected chi connectivity index (χ3v) is 5.86. The maximum Gasteiger partial charge on any atom is 0.337 e. The molecule has 2 amide bonds. The van der Waals surface area contributed by atoms with Gasteiger partial charge in [0.15, 0.2) is 11.0 Å². The van der Waals surface area contributed by atoms with Gasteiger partial charge in [-0.1, -0.05) is 29.5 Å². The summed E-state index contributed by atoms with van der Waals surface area (Å²) in [6.45, 7) is 3.79. The first kappa shape index (κ1) is 24.0. The molecule has 1 heterocycles. The molecule has 2 aromatic carbocycles. The van der Waals surface area contributed by atoms with Crippen molar-refractivity contribution >= 4 is 35.2 Å². The van der Waals surface area contributed by atoms with Gasteiger partial charge in [0.2, 0.25) is 5.91 Å². The van der Waals surface area contributed by atoms with Crippen LogP contribution in [0.3, 0.4) is 0 Å². The number of aromatic nitrogens is 3. The van der Waals surface area contributed by atoms with Crippen LogP contribution in [0, 0.1) is 6.92 Å². The number of benzene rings is 2. The fraction of sp³-hybridized carbons (Fsp3) is 0.261. The summed E-state index contributed by atoms with van der Waals surface area (Å²) in [7, 11) is 3.10. The second-order valence-electron chi connectivity index (χ2n) is 7.37. The van der Waals surface area contributed by atoms with Crippen LogP contribution in [0.2, 0.25) is 0 Å².